The number of hydrogen-bond donors (Lipinski definition) is 2. The summed E-state index contributed by atoms with van der Waals surface area (Å²) in [5.41, 5.74) is 1.26. The second kappa shape index (κ2) is 11.4. The summed E-state index contributed by atoms with van der Waals surface area (Å²) in [4.78, 5) is 20.1. The quantitative estimate of drug-likeness (QED) is 0.204. The van der Waals surface area contributed by atoms with Crippen molar-refractivity contribution in [2.75, 3.05) is 10.6 Å². The first-order chi connectivity index (χ1) is 19.4. The highest BCUT2D eigenvalue weighted by Gasteiger charge is 2.14. The van der Waals surface area contributed by atoms with E-state index >= 15 is 0 Å². The normalized spacial score (nSPS) is 10.6. The van der Waals surface area contributed by atoms with Gasteiger partial charge in [-0.05, 0) is 48.0 Å². The summed E-state index contributed by atoms with van der Waals surface area (Å²) in [6.07, 6.45) is 1.52. The van der Waals surface area contributed by atoms with Gasteiger partial charge in [-0.3, -0.25) is 4.98 Å². The number of aromatic nitrogens is 1. The van der Waals surface area contributed by atoms with Crippen LogP contribution in [0.1, 0.15) is 5.56 Å². The second-order valence-corrected chi connectivity index (χ2v) is 8.48. The van der Waals surface area contributed by atoms with Crippen LogP contribution in [0.15, 0.2) is 91.1 Å². The van der Waals surface area contributed by atoms with Gasteiger partial charge in [-0.15, -0.1) is 0 Å². The molecule has 7 nitrogen and oxygen atoms in total. The first kappa shape index (κ1) is 26.1. The minimum Gasteiger partial charge on any atom is -0.500 e. The molecule has 0 saturated heterocycles. The Balaban J connectivity index is 1.32. The van der Waals surface area contributed by atoms with Crippen molar-refractivity contribution in [3.63, 3.8) is 0 Å². The number of fused-ring (bicyclic) bond motifs is 1. The van der Waals surface area contributed by atoms with Crippen LogP contribution in [0.25, 0.3) is 15.7 Å². The molecule has 1 aromatic heterocycles. The zero-order valence-corrected chi connectivity index (χ0v) is 20.6. The van der Waals surface area contributed by atoms with Gasteiger partial charge in [0.1, 0.15) is 41.3 Å². The highest BCUT2D eigenvalue weighted by Crippen LogP contribution is 2.38. The molecule has 0 bridgehead atoms. The number of amides is 2. The molecule has 0 saturated carbocycles. The van der Waals surface area contributed by atoms with E-state index in [0.717, 1.165) is 23.8 Å². The molecule has 0 radical (unpaired) electrons. The number of nitrogens with zero attached hydrogens (tertiary/aromatic N) is 2. The van der Waals surface area contributed by atoms with Gasteiger partial charge in [-0.25, -0.2) is 22.8 Å². The molecule has 2 N–H and O–H groups in total. The van der Waals surface area contributed by atoms with Crippen LogP contribution in [0.4, 0.5) is 35.0 Å². The lowest BCUT2D eigenvalue weighted by atomic mass is 10.1. The summed E-state index contributed by atoms with van der Waals surface area (Å²) in [5.74, 6) is -1.77. The molecule has 0 aliphatic heterocycles. The molecule has 198 valence electrons. The van der Waals surface area contributed by atoms with E-state index in [9.17, 15) is 18.0 Å². The molecule has 10 heteroatoms. The van der Waals surface area contributed by atoms with Gasteiger partial charge in [-0.1, -0.05) is 30.3 Å². The number of pyridine rings is 1. The number of halogens is 3. The van der Waals surface area contributed by atoms with Gasteiger partial charge in [0.15, 0.2) is 0 Å². The zero-order valence-electron chi connectivity index (χ0n) is 20.6. The van der Waals surface area contributed by atoms with Crippen molar-refractivity contribution >= 4 is 34.0 Å². The third-order valence-corrected chi connectivity index (χ3v) is 5.74. The Labute approximate surface area is 226 Å². The van der Waals surface area contributed by atoms with E-state index in [2.05, 4.69) is 20.5 Å². The van der Waals surface area contributed by atoms with E-state index in [1.807, 2.05) is 30.3 Å². The van der Waals surface area contributed by atoms with Gasteiger partial charge < -0.3 is 20.1 Å². The van der Waals surface area contributed by atoms with Gasteiger partial charge in [0.2, 0.25) is 5.69 Å². The van der Waals surface area contributed by atoms with Gasteiger partial charge in [-0.2, -0.15) is 0 Å². The predicted molar refractivity (Wildman–Crippen MR) is 144 cm³/mol. The molecule has 0 spiro atoms. The molecule has 0 aliphatic carbocycles. The predicted octanol–water partition coefficient (Wildman–Crippen LogP) is 8.22. The summed E-state index contributed by atoms with van der Waals surface area (Å²) < 4.78 is 53.4. The summed E-state index contributed by atoms with van der Waals surface area (Å²) in [6, 6.07) is 19.8. The lowest BCUT2D eigenvalue weighted by Crippen LogP contribution is -2.20. The van der Waals surface area contributed by atoms with E-state index < -0.39 is 23.5 Å². The Morgan fingerprint density at radius 1 is 0.850 bits per heavy atom. The third-order valence-electron chi connectivity index (χ3n) is 5.74. The lowest BCUT2D eigenvalue weighted by Gasteiger charge is -2.13. The van der Waals surface area contributed by atoms with Crippen LogP contribution < -0.4 is 20.1 Å². The molecule has 0 atom stereocenters. The molecule has 0 unspecified atom stereocenters. The number of carbonyl (C=O) groups is 1. The maximum absolute atomic E-state index is 14.8. The molecule has 1 heterocycles. The number of hydrogen-bond acceptors (Lipinski definition) is 4. The van der Waals surface area contributed by atoms with Crippen LogP contribution in [-0.2, 0) is 6.61 Å². The Hall–Kier alpha value is -5.56. The number of anilines is 2. The number of rotatable bonds is 7. The van der Waals surface area contributed by atoms with Crippen molar-refractivity contribution in [3.8, 4) is 17.2 Å². The minimum atomic E-state index is -0.972. The van der Waals surface area contributed by atoms with Gasteiger partial charge in [0, 0.05) is 23.7 Å². The third kappa shape index (κ3) is 5.95. The molecule has 0 fully saturated rings. The topological polar surface area (TPSA) is 76.8 Å². The average molecular weight is 541 g/mol. The molecule has 0 aliphatic rings. The smallest absolute Gasteiger partial charge is 0.323 e. The monoisotopic (exact) mass is 540 g/mol. The van der Waals surface area contributed by atoms with Crippen LogP contribution in [0.5, 0.6) is 17.2 Å². The fourth-order valence-corrected chi connectivity index (χ4v) is 3.82. The fraction of sp³-hybridized carbons (Fsp3) is 0.0333. The Morgan fingerprint density at radius 2 is 1.57 bits per heavy atom. The Morgan fingerprint density at radius 3 is 2.27 bits per heavy atom. The summed E-state index contributed by atoms with van der Waals surface area (Å²) in [6.45, 7) is 7.87. The van der Waals surface area contributed by atoms with Crippen LogP contribution in [0.3, 0.4) is 0 Å². The maximum atomic E-state index is 14.8. The van der Waals surface area contributed by atoms with Gasteiger partial charge in [0.05, 0.1) is 23.5 Å². The van der Waals surface area contributed by atoms with E-state index in [4.69, 9.17) is 16.0 Å². The number of ether oxygens (including phenoxy) is 2. The van der Waals surface area contributed by atoms with Crippen molar-refractivity contribution in [1.29, 1.82) is 0 Å². The minimum absolute atomic E-state index is 0.120. The number of carbonyl (C=O) groups excluding carboxylic acids is 1. The molecule has 5 aromatic rings. The first-order valence-electron chi connectivity index (χ1n) is 11.9. The number of benzene rings is 4. The zero-order chi connectivity index (χ0) is 28.1. The van der Waals surface area contributed by atoms with Crippen molar-refractivity contribution < 1.29 is 27.4 Å². The largest absolute Gasteiger partial charge is 0.500 e. The summed E-state index contributed by atoms with van der Waals surface area (Å²) in [5, 5.41) is 4.98. The number of urea groups is 1. The van der Waals surface area contributed by atoms with E-state index in [0.29, 0.717) is 28.5 Å². The Bertz CT molecular complexity index is 1760. The maximum Gasteiger partial charge on any atom is 0.323 e. The van der Waals surface area contributed by atoms with E-state index in [1.54, 1.807) is 18.2 Å². The average Bonchev–Trinajstić information content (AvgIpc) is 2.95. The molecule has 5 rings (SSSR count). The van der Waals surface area contributed by atoms with Crippen LogP contribution >= 0.6 is 0 Å². The van der Waals surface area contributed by atoms with Crippen molar-refractivity contribution in [2.45, 2.75) is 6.61 Å². The molecule has 4 aromatic carbocycles. The SMILES string of the molecule is [C-]#[N+]c1cc2c(Oc3ccc(NC(=O)Nc4ccc(F)cc4F)c(F)c3)ccnc2cc1OCc1ccccc1. The first-order valence-corrected chi connectivity index (χ1v) is 11.9. The number of nitrogens with one attached hydrogen (secondary N) is 2. The van der Waals surface area contributed by atoms with Crippen LogP contribution in [-0.4, -0.2) is 11.0 Å². The Kier molecular flexibility index (Phi) is 7.46. The molecular formula is C30H19F3N4O3. The summed E-state index contributed by atoms with van der Waals surface area (Å²) in [7, 11) is 0. The summed E-state index contributed by atoms with van der Waals surface area (Å²) >= 11 is 0. The fourth-order valence-electron chi connectivity index (χ4n) is 3.82. The van der Waals surface area contributed by atoms with Crippen LogP contribution in [0, 0.1) is 24.0 Å². The van der Waals surface area contributed by atoms with Crippen molar-refractivity contribution in [3.05, 3.63) is 126 Å². The van der Waals surface area contributed by atoms with Crippen LogP contribution in [0.2, 0.25) is 0 Å². The van der Waals surface area contributed by atoms with E-state index in [-0.39, 0.29) is 29.4 Å². The van der Waals surface area contributed by atoms with E-state index in [1.165, 1.54) is 18.3 Å². The highest BCUT2D eigenvalue weighted by molar-refractivity contribution is 6.00. The highest BCUT2D eigenvalue weighted by atomic mass is 19.1. The molecule has 40 heavy (non-hydrogen) atoms. The van der Waals surface area contributed by atoms with Gasteiger partial charge in [0.25, 0.3) is 0 Å². The lowest BCUT2D eigenvalue weighted by molar-refractivity contribution is 0.262. The van der Waals surface area contributed by atoms with Crippen molar-refractivity contribution in [2.24, 2.45) is 0 Å². The molecular weight excluding hydrogens is 521 g/mol. The standard InChI is InChI=1S/C30H19F3N4O3/c1-34-27-15-21-26(16-29(27)39-17-18-5-3-2-4-6-18)35-12-11-28(21)40-20-8-10-25(23(33)14-20)37-30(38)36-24-9-7-19(31)13-22(24)32/h2-16H,17H2,(H2,36,37,38). The second-order valence-electron chi connectivity index (χ2n) is 8.48. The van der Waals surface area contributed by atoms with Crippen molar-refractivity contribution in [1.82, 2.24) is 4.98 Å². The van der Waals surface area contributed by atoms with Gasteiger partial charge >= 0.3 is 6.03 Å². The molecule has 2 amide bonds.